The predicted octanol–water partition coefficient (Wildman–Crippen LogP) is 2.01. The number of rotatable bonds is 7. The molecule has 0 aliphatic carbocycles. The second-order valence-corrected chi connectivity index (χ2v) is 6.42. The van der Waals surface area contributed by atoms with Gasteiger partial charge in [0.2, 0.25) is 6.10 Å². The lowest BCUT2D eigenvalue weighted by Gasteiger charge is -2.34. The molecule has 2 aromatic carbocycles. The van der Waals surface area contributed by atoms with Crippen molar-refractivity contribution in [3.63, 3.8) is 0 Å². The van der Waals surface area contributed by atoms with E-state index in [1.54, 1.807) is 24.3 Å². The molecule has 0 spiro atoms. The van der Waals surface area contributed by atoms with Gasteiger partial charge in [-0.25, -0.2) is 4.79 Å². The molecule has 152 valence electrons. The smallest absolute Gasteiger partial charge is 0.348 e. The third kappa shape index (κ3) is 5.11. The number of carboxylic acids is 1. The molecule has 1 N–H and O–H groups in total. The number of carbonyl (C=O) groups is 3. The number of esters is 1. The molecular formula is C21H21NO7. The van der Waals surface area contributed by atoms with Crippen LogP contribution >= 0.6 is 0 Å². The molecule has 8 heteroatoms. The van der Waals surface area contributed by atoms with E-state index in [-0.39, 0.29) is 13.2 Å². The van der Waals surface area contributed by atoms with Crippen LogP contribution < -0.4 is 9.64 Å². The Hall–Kier alpha value is -3.39. The Kier molecular flexibility index (Phi) is 6.46. The van der Waals surface area contributed by atoms with Crippen molar-refractivity contribution < 1.29 is 33.7 Å². The maximum absolute atomic E-state index is 12.8. The van der Waals surface area contributed by atoms with Crippen molar-refractivity contribution in [1.82, 2.24) is 0 Å². The molecule has 0 bridgehead atoms. The van der Waals surface area contributed by atoms with Gasteiger partial charge in [0.05, 0.1) is 6.61 Å². The number of carbonyl (C=O) groups excluding carboxylic acids is 2. The van der Waals surface area contributed by atoms with Crippen molar-refractivity contribution in [3.05, 3.63) is 60.2 Å². The lowest BCUT2D eigenvalue weighted by molar-refractivity contribution is -0.177. The number of morpholine rings is 1. The molecule has 2 aromatic rings. The summed E-state index contributed by atoms with van der Waals surface area (Å²) in [6, 6.07) is 16.6. The van der Waals surface area contributed by atoms with Crippen LogP contribution in [0.15, 0.2) is 54.6 Å². The lowest BCUT2D eigenvalue weighted by Crippen LogP contribution is -2.55. The van der Waals surface area contributed by atoms with Gasteiger partial charge in [-0.05, 0) is 17.7 Å². The summed E-state index contributed by atoms with van der Waals surface area (Å²) in [6.45, 7) is 1.80. The van der Waals surface area contributed by atoms with Crippen LogP contribution in [0.25, 0.3) is 0 Å². The van der Waals surface area contributed by atoms with Crippen LogP contribution in [0.3, 0.4) is 0 Å². The van der Waals surface area contributed by atoms with Crippen LogP contribution in [0.1, 0.15) is 12.5 Å². The van der Waals surface area contributed by atoms with Gasteiger partial charge < -0.3 is 24.2 Å². The average Bonchev–Trinajstić information content (AvgIpc) is 2.71. The minimum absolute atomic E-state index is 0.108. The van der Waals surface area contributed by atoms with E-state index in [9.17, 15) is 19.5 Å². The van der Waals surface area contributed by atoms with Gasteiger partial charge >= 0.3 is 11.9 Å². The second-order valence-electron chi connectivity index (χ2n) is 6.42. The van der Waals surface area contributed by atoms with E-state index < -0.39 is 30.1 Å². The summed E-state index contributed by atoms with van der Waals surface area (Å²) in [5.41, 5.74) is 1.55. The number of benzene rings is 2. The van der Waals surface area contributed by atoms with Crippen molar-refractivity contribution in [2.75, 3.05) is 18.1 Å². The van der Waals surface area contributed by atoms with Crippen molar-refractivity contribution in [2.45, 2.75) is 25.7 Å². The summed E-state index contributed by atoms with van der Waals surface area (Å²) < 4.78 is 15.9. The van der Waals surface area contributed by atoms with Crippen LogP contribution in [-0.4, -0.2) is 48.3 Å². The molecule has 1 fully saturated rings. The van der Waals surface area contributed by atoms with Crippen LogP contribution in [0.2, 0.25) is 0 Å². The van der Waals surface area contributed by atoms with E-state index in [1.165, 1.54) is 4.90 Å². The van der Waals surface area contributed by atoms with E-state index in [0.29, 0.717) is 18.0 Å². The number of hydrogen-bond acceptors (Lipinski definition) is 6. The molecule has 1 heterocycles. The topological polar surface area (TPSA) is 102 Å². The molecule has 29 heavy (non-hydrogen) atoms. The quantitative estimate of drug-likeness (QED) is 0.711. The zero-order valence-corrected chi connectivity index (χ0v) is 15.8. The molecule has 2 atom stereocenters. The van der Waals surface area contributed by atoms with Crippen molar-refractivity contribution in [2.24, 2.45) is 0 Å². The highest BCUT2D eigenvalue weighted by molar-refractivity contribution is 6.00. The Labute approximate surface area is 167 Å². The van der Waals surface area contributed by atoms with Crippen molar-refractivity contribution in [3.8, 4) is 5.75 Å². The minimum Gasteiger partial charge on any atom is -0.489 e. The van der Waals surface area contributed by atoms with Crippen LogP contribution in [0.4, 0.5) is 5.69 Å². The maximum atomic E-state index is 12.8. The Morgan fingerprint density at radius 2 is 1.97 bits per heavy atom. The summed E-state index contributed by atoms with van der Waals surface area (Å²) in [5.74, 6) is -2.27. The first kappa shape index (κ1) is 20.3. The molecule has 8 nitrogen and oxygen atoms in total. The highest BCUT2D eigenvalue weighted by Gasteiger charge is 2.42. The van der Waals surface area contributed by atoms with Gasteiger partial charge in [-0.15, -0.1) is 0 Å². The summed E-state index contributed by atoms with van der Waals surface area (Å²) >= 11 is 0. The van der Waals surface area contributed by atoms with E-state index in [0.717, 1.165) is 12.5 Å². The summed E-state index contributed by atoms with van der Waals surface area (Å²) in [7, 11) is 0. The number of hydrogen-bond donors (Lipinski definition) is 1. The summed E-state index contributed by atoms with van der Waals surface area (Å²) in [5, 5.41) is 9.32. The zero-order valence-electron chi connectivity index (χ0n) is 15.8. The lowest BCUT2D eigenvalue weighted by atomic mass is 10.1. The molecule has 2 unspecified atom stereocenters. The van der Waals surface area contributed by atoms with Crippen LogP contribution in [0, 0.1) is 0 Å². The van der Waals surface area contributed by atoms with Gasteiger partial charge in [-0.3, -0.25) is 9.59 Å². The molecule has 1 amide bonds. The third-order valence-corrected chi connectivity index (χ3v) is 4.31. The normalized spacial score (nSPS) is 17.5. The van der Waals surface area contributed by atoms with Crippen LogP contribution in [0.5, 0.6) is 5.75 Å². The van der Waals surface area contributed by atoms with Gasteiger partial charge in [-0.2, -0.15) is 0 Å². The van der Waals surface area contributed by atoms with Crippen LogP contribution in [-0.2, 0) is 30.5 Å². The first-order chi connectivity index (χ1) is 14.0. The average molecular weight is 399 g/mol. The number of ether oxygens (including phenoxy) is 3. The standard InChI is InChI=1S/C21H21NO7/c1-14(23)29-19(21(25)26)18-20(24)22(10-11-27-18)16-8-5-9-17(12-16)28-13-15-6-3-2-4-7-15/h2-9,12,18-19H,10-11,13H2,1H3,(H,25,26). The molecule has 1 aliphatic heterocycles. The molecular weight excluding hydrogens is 378 g/mol. The fraction of sp³-hybridized carbons (Fsp3) is 0.286. The van der Waals surface area contributed by atoms with Gasteiger partial charge in [0.25, 0.3) is 5.91 Å². The monoisotopic (exact) mass is 399 g/mol. The first-order valence-corrected chi connectivity index (χ1v) is 9.05. The molecule has 1 saturated heterocycles. The Balaban J connectivity index is 1.74. The minimum atomic E-state index is -1.71. The predicted molar refractivity (Wildman–Crippen MR) is 102 cm³/mol. The number of anilines is 1. The molecule has 3 rings (SSSR count). The summed E-state index contributed by atoms with van der Waals surface area (Å²) in [4.78, 5) is 36.9. The second kappa shape index (κ2) is 9.20. The first-order valence-electron chi connectivity index (χ1n) is 9.05. The highest BCUT2D eigenvalue weighted by atomic mass is 16.6. The van der Waals surface area contributed by atoms with E-state index >= 15 is 0 Å². The Bertz CT molecular complexity index is 884. The molecule has 0 radical (unpaired) electrons. The van der Waals surface area contributed by atoms with Gasteiger partial charge in [-0.1, -0.05) is 36.4 Å². The van der Waals surface area contributed by atoms with Crippen molar-refractivity contribution >= 4 is 23.5 Å². The van der Waals surface area contributed by atoms with Crippen molar-refractivity contribution in [1.29, 1.82) is 0 Å². The SMILES string of the molecule is CC(=O)OC(C(=O)O)C1OCCN(c2cccc(OCc3ccccc3)c2)C1=O. The van der Waals surface area contributed by atoms with Gasteiger partial charge in [0.15, 0.2) is 6.10 Å². The fourth-order valence-electron chi connectivity index (χ4n) is 2.98. The Morgan fingerprint density at radius 1 is 1.21 bits per heavy atom. The number of nitrogens with zero attached hydrogens (tertiary/aromatic N) is 1. The van der Waals surface area contributed by atoms with E-state index in [2.05, 4.69) is 0 Å². The maximum Gasteiger partial charge on any atom is 0.348 e. The van der Waals surface area contributed by atoms with Gasteiger partial charge in [0, 0.05) is 25.2 Å². The molecule has 1 aliphatic rings. The fourth-order valence-corrected chi connectivity index (χ4v) is 2.98. The molecule has 0 saturated carbocycles. The number of amides is 1. The van der Waals surface area contributed by atoms with Gasteiger partial charge in [0.1, 0.15) is 12.4 Å². The Morgan fingerprint density at radius 3 is 2.66 bits per heavy atom. The summed E-state index contributed by atoms with van der Waals surface area (Å²) in [6.07, 6.45) is -3.13. The van der Waals surface area contributed by atoms with E-state index in [4.69, 9.17) is 14.2 Å². The third-order valence-electron chi connectivity index (χ3n) is 4.31. The molecule has 0 aromatic heterocycles. The number of aliphatic carboxylic acids is 1. The highest BCUT2D eigenvalue weighted by Crippen LogP contribution is 2.26. The van der Waals surface area contributed by atoms with E-state index in [1.807, 2.05) is 30.3 Å². The largest absolute Gasteiger partial charge is 0.489 e. The number of carboxylic acid groups (broad SMARTS) is 1. The zero-order chi connectivity index (χ0) is 20.8.